The smallest absolute Gasteiger partial charge is 0.327 e. The lowest BCUT2D eigenvalue weighted by Gasteiger charge is -2.35. The Labute approximate surface area is 184 Å². The number of nitrogens with one attached hydrogen (secondary N) is 1. The number of piperidine rings is 1. The van der Waals surface area contributed by atoms with Crippen molar-refractivity contribution in [1.82, 2.24) is 20.2 Å². The number of carbonyl (C=O) groups excluding carboxylic acids is 4. The van der Waals surface area contributed by atoms with Crippen molar-refractivity contribution in [1.29, 1.82) is 0 Å². The van der Waals surface area contributed by atoms with Gasteiger partial charge in [-0.25, -0.2) is 10.3 Å². The van der Waals surface area contributed by atoms with E-state index in [0.29, 0.717) is 25.4 Å². The molecule has 2 atom stereocenters. The fourth-order valence-corrected chi connectivity index (χ4v) is 5.21. The summed E-state index contributed by atoms with van der Waals surface area (Å²) in [6.07, 6.45) is 7.70. The van der Waals surface area contributed by atoms with E-state index in [1.165, 1.54) is 4.90 Å². The van der Waals surface area contributed by atoms with E-state index in [0.717, 1.165) is 49.8 Å². The first-order chi connectivity index (χ1) is 14.7. The third-order valence-electron chi connectivity index (χ3n) is 7.48. The van der Waals surface area contributed by atoms with Crippen molar-refractivity contribution in [3.63, 3.8) is 0 Å². The third kappa shape index (κ3) is 4.71. The lowest BCUT2D eigenvalue weighted by Crippen LogP contribution is -2.50. The fraction of sp³-hybridized carbons (Fsp3) is 0.818. The summed E-state index contributed by atoms with van der Waals surface area (Å²) in [5.41, 5.74) is 0.673. The first-order valence-electron chi connectivity index (χ1n) is 11.5. The Morgan fingerprint density at radius 2 is 1.74 bits per heavy atom. The second kappa shape index (κ2) is 9.54. The van der Waals surface area contributed by atoms with Crippen LogP contribution < -0.4 is 5.48 Å². The van der Waals surface area contributed by atoms with Crippen molar-refractivity contribution in [2.75, 3.05) is 26.7 Å². The number of rotatable bonds is 7. The van der Waals surface area contributed by atoms with Crippen molar-refractivity contribution in [3.05, 3.63) is 0 Å². The minimum atomic E-state index is -1.02. The van der Waals surface area contributed by atoms with E-state index in [2.05, 4.69) is 0 Å². The summed E-state index contributed by atoms with van der Waals surface area (Å²) in [5.74, 6) is -2.57. The minimum Gasteiger partial charge on any atom is -0.342 e. The van der Waals surface area contributed by atoms with Gasteiger partial charge in [0.2, 0.25) is 11.8 Å². The topological polar surface area (TPSA) is 110 Å². The monoisotopic (exact) mass is 438 g/mol. The molecule has 2 aliphatic heterocycles. The van der Waals surface area contributed by atoms with Crippen LogP contribution in [-0.2, 0) is 14.4 Å². The van der Waals surface area contributed by atoms with Gasteiger partial charge in [0.15, 0.2) is 0 Å². The molecule has 1 aliphatic carbocycles. The third-order valence-corrected chi connectivity index (χ3v) is 7.48. The Kier molecular flexibility index (Phi) is 7.24. The molecule has 0 aromatic carbocycles. The maximum Gasteiger partial charge on any atom is 0.327 e. The number of hydroxylamine groups is 1. The van der Waals surface area contributed by atoms with Crippen molar-refractivity contribution in [2.24, 2.45) is 17.8 Å². The Hall–Kier alpha value is -2.16. The van der Waals surface area contributed by atoms with Crippen LogP contribution in [0.25, 0.3) is 0 Å². The summed E-state index contributed by atoms with van der Waals surface area (Å²) in [4.78, 5) is 56.2. The maximum absolute atomic E-state index is 13.5. The Balaban J connectivity index is 1.88. The molecule has 0 aromatic rings. The molecule has 5 amide bonds. The average molecular weight is 439 g/mol. The first-order valence-corrected chi connectivity index (χ1v) is 11.5. The van der Waals surface area contributed by atoms with E-state index < -0.39 is 35.2 Å². The van der Waals surface area contributed by atoms with Gasteiger partial charge in [0.05, 0.1) is 11.8 Å². The summed E-state index contributed by atoms with van der Waals surface area (Å²) < 4.78 is 0. The van der Waals surface area contributed by atoms with Crippen molar-refractivity contribution in [3.8, 4) is 0 Å². The number of likely N-dealkylation sites (N-methyl/N-ethyl adjacent to an activating group) is 1. The van der Waals surface area contributed by atoms with Gasteiger partial charge in [0, 0.05) is 26.7 Å². The van der Waals surface area contributed by atoms with Gasteiger partial charge in [0.1, 0.15) is 5.54 Å². The molecule has 2 saturated heterocycles. The predicted molar refractivity (Wildman–Crippen MR) is 113 cm³/mol. The lowest BCUT2D eigenvalue weighted by molar-refractivity contribution is -0.148. The highest BCUT2D eigenvalue weighted by atomic mass is 16.5. The van der Waals surface area contributed by atoms with E-state index in [-0.39, 0.29) is 12.5 Å². The highest BCUT2D eigenvalue weighted by Gasteiger charge is 2.51. The molecule has 0 radical (unpaired) electrons. The minimum absolute atomic E-state index is 0.105. The van der Waals surface area contributed by atoms with Crippen LogP contribution in [0.4, 0.5) is 4.79 Å². The lowest BCUT2D eigenvalue weighted by atomic mass is 9.81. The first kappa shape index (κ1) is 23.5. The Morgan fingerprint density at radius 1 is 1.13 bits per heavy atom. The molecule has 3 rings (SSSR count). The van der Waals surface area contributed by atoms with Crippen molar-refractivity contribution >= 4 is 23.8 Å². The molecule has 2 heterocycles. The van der Waals surface area contributed by atoms with Gasteiger partial charge < -0.3 is 9.80 Å². The van der Waals surface area contributed by atoms with E-state index in [9.17, 15) is 24.4 Å². The second-order valence-electron chi connectivity index (χ2n) is 9.78. The molecule has 1 saturated carbocycles. The molecule has 9 nitrogen and oxygen atoms in total. The molecule has 0 aromatic heterocycles. The Bertz CT molecular complexity index is 713. The molecule has 0 bridgehead atoms. The zero-order valence-electron chi connectivity index (χ0n) is 18.9. The number of hydrogen-bond donors (Lipinski definition) is 2. The molecule has 9 heteroatoms. The quantitative estimate of drug-likeness (QED) is 0.359. The average Bonchev–Trinajstić information content (AvgIpc) is 3.34. The van der Waals surface area contributed by atoms with Crippen LogP contribution in [0.1, 0.15) is 65.2 Å². The number of urea groups is 1. The van der Waals surface area contributed by atoms with Gasteiger partial charge in [-0.15, -0.1) is 0 Å². The van der Waals surface area contributed by atoms with Crippen LogP contribution in [0.3, 0.4) is 0 Å². The number of carbonyl (C=O) groups is 4. The molecule has 2 N–H and O–H groups in total. The number of nitrogens with zero attached hydrogens (tertiary/aromatic N) is 3. The summed E-state index contributed by atoms with van der Waals surface area (Å²) in [6.45, 7) is 4.41. The van der Waals surface area contributed by atoms with E-state index in [1.54, 1.807) is 26.4 Å². The normalized spacial score (nSPS) is 23.9. The SMILES string of the molecule is CN1C(=O)N(C[C@H](C(=O)NO)[C@@H](CC2CCCC2)C(=O)N2CCCCC2)[14C](=O)C1(C)C. The summed E-state index contributed by atoms with van der Waals surface area (Å²) >= 11 is 0. The van der Waals surface area contributed by atoms with Gasteiger partial charge >= 0.3 is 6.03 Å². The molecule has 3 aliphatic rings. The molecule has 3 fully saturated rings. The largest absolute Gasteiger partial charge is 0.342 e. The number of hydrogen-bond acceptors (Lipinski definition) is 5. The fourth-order valence-electron chi connectivity index (χ4n) is 5.21. The van der Waals surface area contributed by atoms with Crippen LogP contribution in [0.15, 0.2) is 0 Å². The van der Waals surface area contributed by atoms with Gasteiger partial charge in [-0.3, -0.25) is 24.5 Å². The van der Waals surface area contributed by atoms with Crippen LogP contribution in [0, 0.1) is 17.8 Å². The van der Waals surface area contributed by atoms with Crippen molar-refractivity contribution in [2.45, 2.75) is 70.8 Å². The molecule has 0 spiro atoms. The van der Waals surface area contributed by atoms with E-state index >= 15 is 0 Å². The molecular formula is C22H36N4O5. The second-order valence-corrected chi connectivity index (χ2v) is 9.78. The molecule has 174 valence electrons. The molecular weight excluding hydrogens is 402 g/mol. The van der Waals surface area contributed by atoms with E-state index in [4.69, 9.17) is 0 Å². The zero-order valence-corrected chi connectivity index (χ0v) is 18.9. The van der Waals surface area contributed by atoms with Crippen LogP contribution in [0.5, 0.6) is 0 Å². The summed E-state index contributed by atoms with van der Waals surface area (Å²) in [7, 11) is 1.55. The maximum atomic E-state index is 13.5. The number of amides is 5. The van der Waals surface area contributed by atoms with Gasteiger partial charge in [-0.1, -0.05) is 25.7 Å². The van der Waals surface area contributed by atoms with Gasteiger partial charge in [-0.2, -0.15) is 0 Å². The predicted octanol–water partition coefficient (Wildman–Crippen LogP) is 1.99. The number of imide groups is 1. The van der Waals surface area contributed by atoms with E-state index in [1.807, 2.05) is 4.90 Å². The molecule has 0 unspecified atom stereocenters. The summed E-state index contributed by atoms with van der Waals surface area (Å²) in [5, 5.41) is 9.44. The van der Waals surface area contributed by atoms with Gasteiger partial charge in [0.25, 0.3) is 5.91 Å². The standard InChI is InChI=1S/C22H36N4O5/c1-22(2)20(29)26(21(30)24(22)3)14-17(18(27)23-31)16(13-15-9-5-6-10-15)19(28)25-11-7-4-8-12-25/h15-17,31H,4-14H2,1-3H3,(H,23,27)/t16-,17+/m1/s1/i20+2. The summed E-state index contributed by atoms with van der Waals surface area (Å²) in [6, 6.07) is -0.490. The number of likely N-dealkylation sites (tertiary alicyclic amines) is 1. The highest BCUT2D eigenvalue weighted by Crippen LogP contribution is 2.36. The van der Waals surface area contributed by atoms with Crippen LogP contribution in [0.2, 0.25) is 0 Å². The van der Waals surface area contributed by atoms with Crippen molar-refractivity contribution < 1.29 is 24.4 Å². The van der Waals surface area contributed by atoms with Gasteiger partial charge in [-0.05, 0) is 45.4 Å². The zero-order chi connectivity index (χ0) is 22.8. The molecule has 31 heavy (non-hydrogen) atoms. The Morgan fingerprint density at radius 3 is 2.26 bits per heavy atom. The highest BCUT2D eigenvalue weighted by molar-refractivity contribution is 6.06. The van der Waals surface area contributed by atoms with Crippen LogP contribution in [-0.4, -0.2) is 75.9 Å². The van der Waals surface area contributed by atoms with Crippen LogP contribution >= 0.6 is 0 Å².